The fraction of sp³-hybridized carbons (Fsp3) is 0.667. The predicted molar refractivity (Wildman–Crippen MR) is 121 cm³/mol. The van der Waals surface area contributed by atoms with Crippen molar-refractivity contribution < 1.29 is 47.8 Å². The molecule has 1 N–H and O–H groups in total. The second-order valence-electron chi connectivity index (χ2n) is 8.12. The standard InChI is InChI=1S/C24H32N2O10/c27-19(8-11-24(32)36-26-20(28)9-10-21(26)29)25-14-15-33-16-17-34-22(30)12-13-23(31)35-18-6-4-2-1-3-5-7-18/h18H,2,4-17H2,(H,25,27). The molecule has 2 aliphatic rings. The highest BCUT2D eigenvalue weighted by Gasteiger charge is 2.32. The summed E-state index contributed by atoms with van der Waals surface area (Å²) in [5, 5.41) is 2.97. The topological polar surface area (TPSA) is 155 Å². The van der Waals surface area contributed by atoms with Gasteiger partial charge in [0.25, 0.3) is 11.8 Å². The third-order valence-electron chi connectivity index (χ3n) is 5.19. The van der Waals surface area contributed by atoms with E-state index in [2.05, 4.69) is 22.0 Å². The van der Waals surface area contributed by atoms with Gasteiger partial charge in [0, 0.05) is 38.6 Å². The molecule has 36 heavy (non-hydrogen) atoms. The van der Waals surface area contributed by atoms with E-state index in [1.165, 1.54) is 0 Å². The Morgan fingerprint density at radius 1 is 0.833 bits per heavy atom. The zero-order valence-electron chi connectivity index (χ0n) is 20.2. The van der Waals surface area contributed by atoms with Crippen LogP contribution in [-0.2, 0) is 47.8 Å². The van der Waals surface area contributed by atoms with Crippen molar-refractivity contribution in [2.24, 2.45) is 0 Å². The number of imide groups is 1. The lowest BCUT2D eigenvalue weighted by atomic mass is 10.0. The van der Waals surface area contributed by atoms with Crippen molar-refractivity contribution in [3.05, 3.63) is 0 Å². The van der Waals surface area contributed by atoms with Gasteiger partial charge in [-0.2, -0.15) is 0 Å². The Hall–Kier alpha value is -3.46. The maximum atomic E-state index is 11.9. The van der Waals surface area contributed by atoms with Crippen molar-refractivity contribution >= 4 is 35.6 Å². The van der Waals surface area contributed by atoms with E-state index in [4.69, 9.17) is 14.2 Å². The van der Waals surface area contributed by atoms with Crippen LogP contribution in [0.2, 0.25) is 0 Å². The van der Waals surface area contributed by atoms with Crippen LogP contribution in [0.4, 0.5) is 0 Å². The van der Waals surface area contributed by atoms with Crippen LogP contribution in [0, 0.1) is 11.8 Å². The predicted octanol–water partition coefficient (Wildman–Crippen LogP) is 0.709. The number of hydroxylamine groups is 2. The molecule has 1 fully saturated rings. The van der Waals surface area contributed by atoms with Gasteiger partial charge in [0.2, 0.25) is 5.91 Å². The van der Waals surface area contributed by atoms with Crippen molar-refractivity contribution in [3.63, 3.8) is 0 Å². The molecule has 1 atom stereocenters. The summed E-state index contributed by atoms with van der Waals surface area (Å²) < 4.78 is 15.7. The van der Waals surface area contributed by atoms with Gasteiger partial charge < -0.3 is 24.4 Å². The summed E-state index contributed by atoms with van der Waals surface area (Å²) in [5.74, 6) is 2.67. The van der Waals surface area contributed by atoms with Gasteiger partial charge in [-0.3, -0.25) is 24.0 Å². The van der Waals surface area contributed by atoms with Crippen molar-refractivity contribution in [1.29, 1.82) is 0 Å². The third-order valence-corrected chi connectivity index (χ3v) is 5.19. The van der Waals surface area contributed by atoms with Crippen LogP contribution >= 0.6 is 0 Å². The first-order chi connectivity index (χ1) is 17.3. The number of esters is 2. The molecule has 0 bridgehead atoms. The van der Waals surface area contributed by atoms with E-state index < -0.39 is 35.6 Å². The summed E-state index contributed by atoms with van der Waals surface area (Å²) in [7, 11) is 0. The van der Waals surface area contributed by atoms with Crippen LogP contribution in [0.15, 0.2) is 0 Å². The van der Waals surface area contributed by atoms with Gasteiger partial charge in [0.1, 0.15) is 12.7 Å². The number of carbonyl (C=O) groups excluding carboxylic acids is 6. The smallest absolute Gasteiger partial charge is 0.333 e. The molecule has 0 spiro atoms. The molecular formula is C24H32N2O10. The Labute approximate surface area is 209 Å². The summed E-state index contributed by atoms with van der Waals surface area (Å²) in [6, 6.07) is 0. The lowest BCUT2D eigenvalue weighted by Gasteiger charge is -2.17. The molecule has 2 rings (SSSR count). The summed E-state index contributed by atoms with van der Waals surface area (Å²) in [4.78, 5) is 74.5. The lowest BCUT2D eigenvalue weighted by Crippen LogP contribution is -2.33. The van der Waals surface area contributed by atoms with E-state index >= 15 is 0 Å². The average molecular weight is 509 g/mol. The van der Waals surface area contributed by atoms with Gasteiger partial charge in [0.15, 0.2) is 0 Å². The highest BCUT2D eigenvalue weighted by atomic mass is 16.7. The van der Waals surface area contributed by atoms with E-state index in [1.807, 2.05) is 0 Å². The normalized spacial score (nSPS) is 17.3. The van der Waals surface area contributed by atoms with Crippen LogP contribution in [0.25, 0.3) is 0 Å². The molecule has 0 radical (unpaired) electrons. The highest BCUT2D eigenvalue weighted by Crippen LogP contribution is 2.15. The number of amides is 3. The second-order valence-corrected chi connectivity index (χ2v) is 8.12. The van der Waals surface area contributed by atoms with Gasteiger partial charge in [-0.15, -0.1) is 16.9 Å². The molecule has 1 aliphatic carbocycles. The minimum absolute atomic E-state index is 0.00253. The molecule has 1 saturated heterocycles. The number of carbonyl (C=O) groups is 6. The van der Waals surface area contributed by atoms with E-state index in [1.54, 1.807) is 0 Å². The van der Waals surface area contributed by atoms with Crippen LogP contribution in [-0.4, -0.2) is 73.2 Å². The first kappa shape index (κ1) is 28.8. The highest BCUT2D eigenvalue weighted by molar-refractivity contribution is 6.01. The maximum absolute atomic E-state index is 11.9. The molecule has 0 aromatic heterocycles. The molecule has 0 aromatic rings. The van der Waals surface area contributed by atoms with E-state index in [0.29, 0.717) is 17.9 Å². The number of rotatable bonds is 14. The van der Waals surface area contributed by atoms with Crippen molar-refractivity contribution in [2.75, 3.05) is 26.4 Å². The summed E-state index contributed by atoms with van der Waals surface area (Å²) in [5.41, 5.74) is 0. The number of hydrogen-bond acceptors (Lipinski definition) is 10. The number of nitrogens with one attached hydrogen (secondary N) is 1. The maximum Gasteiger partial charge on any atom is 0.333 e. The quantitative estimate of drug-likeness (QED) is 0.153. The van der Waals surface area contributed by atoms with Gasteiger partial charge in [-0.25, -0.2) is 4.79 Å². The molecule has 0 saturated carbocycles. The molecule has 0 aromatic carbocycles. The lowest BCUT2D eigenvalue weighted by molar-refractivity contribution is -0.197. The molecule has 1 heterocycles. The first-order valence-electron chi connectivity index (χ1n) is 12.1. The van der Waals surface area contributed by atoms with Crippen molar-refractivity contribution in [1.82, 2.24) is 10.4 Å². The van der Waals surface area contributed by atoms with Crippen LogP contribution < -0.4 is 5.32 Å². The molecule has 12 nitrogen and oxygen atoms in total. The molecule has 1 unspecified atom stereocenters. The first-order valence-corrected chi connectivity index (χ1v) is 12.1. The van der Waals surface area contributed by atoms with Gasteiger partial charge >= 0.3 is 17.9 Å². The molecule has 12 heteroatoms. The van der Waals surface area contributed by atoms with Gasteiger partial charge in [-0.1, -0.05) is 0 Å². The summed E-state index contributed by atoms with van der Waals surface area (Å²) in [6.45, 7) is 0.439. The zero-order chi connectivity index (χ0) is 26.2. The van der Waals surface area contributed by atoms with Crippen molar-refractivity contribution in [3.8, 4) is 11.8 Å². The molecule has 198 valence electrons. The third kappa shape index (κ3) is 11.8. The Morgan fingerprint density at radius 3 is 2.31 bits per heavy atom. The molecular weight excluding hydrogens is 476 g/mol. The largest absolute Gasteiger partial charge is 0.463 e. The van der Waals surface area contributed by atoms with Crippen LogP contribution in [0.1, 0.15) is 70.6 Å². The number of nitrogens with zero attached hydrogens (tertiary/aromatic N) is 1. The second kappa shape index (κ2) is 16.3. The monoisotopic (exact) mass is 508 g/mol. The van der Waals surface area contributed by atoms with E-state index in [0.717, 1.165) is 19.3 Å². The van der Waals surface area contributed by atoms with Gasteiger partial charge in [-0.05, 0) is 19.3 Å². The Morgan fingerprint density at radius 2 is 1.53 bits per heavy atom. The van der Waals surface area contributed by atoms with Gasteiger partial charge in [0.05, 0.1) is 32.5 Å². The minimum atomic E-state index is -0.852. The zero-order valence-corrected chi connectivity index (χ0v) is 20.2. The Kier molecular flexibility index (Phi) is 13.0. The van der Waals surface area contributed by atoms with Crippen LogP contribution in [0.5, 0.6) is 0 Å². The van der Waals surface area contributed by atoms with E-state index in [9.17, 15) is 28.8 Å². The summed E-state index contributed by atoms with van der Waals surface area (Å²) in [6.07, 6.45) is 3.11. The fourth-order valence-electron chi connectivity index (χ4n) is 3.30. The summed E-state index contributed by atoms with van der Waals surface area (Å²) >= 11 is 0. The van der Waals surface area contributed by atoms with Crippen molar-refractivity contribution in [2.45, 2.75) is 76.7 Å². The Balaban J connectivity index is 1.42. The van der Waals surface area contributed by atoms with E-state index in [-0.39, 0.29) is 71.0 Å². The number of hydrogen-bond donors (Lipinski definition) is 1. The van der Waals surface area contributed by atoms with Crippen LogP contribution in [0.3, 0.4) is 0 Å². The fourth-order valence-corrected chi connectivity index (χ4v) is 3.30. The SMILES string of the molecule is O=C(CCC(=O)ON1C(=O)CCC1=O)NCCOCCOC(=O)CCC(=O)OC1CCC#CCCC1. The number of ether oxygens (including phenoxy) is 3. The molecule has 1 aliphatic heterocycles. The Bertz CT molecular complexity index is 860. The average Bonchev–Trinajstić information content (AvgIpc) is 3.14. The molecule has 3 amide bonds. The minimum Gasteiger partial charge on any atom is -0.463 e.